The van der Waals surface area contributed by atoms with Crippen molar-refractivity contribution < 1.29 is 14.3 Å². The topological polar surface area (TPSA) is 49.9 Å². The molecule has 190 valence electrons. The third-order valence-corrected chi connectivity index (χ3v) is 7.74. The molecule has 0 spiro atoms. The minimum absolute atomic E-state index is 0.0114. The highest BCUT2D eigenvalue weighted by atomic mass is 32.1. The number of carbonyl (C=O) groups is 2. The molecule has 1 aromatic heterocycles. The van der Waals surface area contributed by atoms with E-state index in [0.29, 0.717) is 32.0 Å². The summed E-state index contributed by atoms with van der Waals surface area (Å²) in [5.74, 6) is 1.24. The van der Waals surface area contributed by atoms with Gasteiger partial charge >= 0.3 is 0 Å². The normalized spacial score (nSPS) is 15.0. The molecule has 3 aromatic rings. The van der Waals surface area contributed by atoms with Gasteiger partial charge in [-0.2, -0.15) is 0 Å². The lowest BCUT2D eigenvalue weighted by atomic mass is 10.00. The lowest BCUT2D eigenvalue weighted by Crippen LogP contribution is -2.48. The first-order chi connectivity index (χ1) is 17.5. The summed E-state index contributed by atoms with van der Waals surface area (Å²) in [6, 6.07) is 19.9. The lowest BCUT2D eigenvalue weighted by Gasteiger charge is -2.37. The van der Waals surface area contributed by atoms with Crippen molar-refractivity contribution in [3.63, 3.8) is 0 Å². The van der Waals surface area contributed by atoms with Crippen LogP contribution in [0.25, 0.3) is 0 Å². The average Bonchev–Trinajstić information content (AvgIpc) is 3.37. The average molecular weight is 505 g/mol. The van der Waals surface area contributed by atoms with Crippen LogP contribution in [0.15, 0.2) is 66.0 Å². The molecule has 36 heavy (non-hydrogen) atoms. The second-order valence-electron chi connectivity index (χ2n) is 9.66. The first-order valence-electron chi connectivity index (χ1n) is 12.9. The number of ether oxygens (including phenoxy) is 1. The Balaban J connectivity index is 1.46. The quantitative estimate of drug-likeness (QED) is 0.348. The molecule has 0 N–H and O–H groups in total. The van der Waals surface area contributed by atoms with Crippen LogP contribution in [-0.4, -0.2) is 47.9 Å². The largest absolute Gasteiger partial charge is 0.491 e. The van der Waals surface area contributed by atoms with Crippen molar-refractivity contribution >= 4 is 23.2 Å². The van der Waals surface area contributed by atoms with E-state index in [0.717, 1.165) is 29.7 Å². The maximum Gasteiger partial charge on any atom is 0.242 e. The Labute approximate surface area is 218 Å². The molecule has 1 aliphatic rings. The van der Waals surface area contributed by atoms with Gasteiger partial charge in [-0.3, -0.25) is 9.59 Å². The van der Waals surface area contributed by atoms with Crippen LogP contribution in [0.5, 0.6) is 5.75 Å². The number of carbonyl (C=O) groups excluding carboxylic acids is 2. The summed E-state index contributed by atoms with van der Waals surface area (Å²) in [5, 5.41) is 2.09. The van der Waals surface area contributed by atoms with Gasteiger partial charge in [0.05, 0.1) is 19.0 Å². The summed E-state index contributed by atoms with van der Waals surface area (Å²) in [4.78, 5) is 31.6. The maximum absolute atomic E-state index is 13.6. The van der Waals surface area contributed by atoms with E-state index in [1.807, 2.05) is 54.3 Å². The van der Waals surface area contributed by atoms with E-state index in [4.69, 9.17) is 4.74 Å². The molecule has 0 bridgehead atoms. The Morgan fingerprint density at radius 1 is 1.08 bits per heavy atom. The molecule has 0 saturated carbocycles. The molecule has 0 saturated heterocycles. The number of hydrogen-bond acceptors (Lipinski definition) is 4. The van der Waals surface area contributed by atoms with Gasteiger partial charge in [0.25, 0.3) is 0 Å². The molecule has 2 heterocycles. The predicted molar refractivity (Wildman–Crippen MR) is 146 cm³/mol. The number of nitrogens with zero attached hydrogens (tertiary/aromatic N) is 2. The number of fused-ring (bicyclic) bond motifs is 1. The van der Waals surface area contributed by atoms with Gasteiger partial charge in [0.1, 0.15) is 12.4 Å². The third kappa shape index (κ3) is 6.35. The summed E-state index contributed by atoms with van der Waals surface area (Å²) in [7, 11) is 0. The fourth-order valence-corrected chi connectivity index (χ4v) is 5.63. The number of thiophene rings is 1. The lowest BCUT2D eigenvalue weighted by molar-refractivity contribution is -0.142. The van der Waals surface area contributed by atoms with Gasteiger partial charge in [-0.05, 0) is 59.0 Å². The van der Waals surface area contributed by atoms with E-state index < -0.39 is 0 Å². The van der Waals surface area contributed by atoms with Crippen molar-refractivity contribution in [1.82, 2.24) is 9.80 Å². The van der Waals surface area contributed by atoms with Crippen LogP contribution in [0.4, 0.5) is 0 Å². The van der Waals surface area contributed by atoms with Crippen LogP contribution in [0.3, 0.4) is 0 Å². The van der Waals surface area contributed by atoms with Gasteiger partial charge in [-0.25, -0.2) is 0 Å². The Kier molecular flexibility index (Phi) is 8.81. The number of rotatable bonds is 10. The minimum Gasteiger partial charge on any atom is -0.491 e. The Hall–Kier alpha value is -3.12. The van der Waals surface area contributed by atoms with Crippen molar-refractivity contribution in [2.24, 2.45) is 0 Å². The fourth-order valence-electron chi connectivity index (χ4n) is 4.70. The second kappa shape index (κ2) is 12.2. The smallest absolute Gasteiger partial charge is 0.242 e. The zero-order valence-corrected chi connectivity index (χ0v) is 22.3. The second-order valence-corrected chi connectivity index (χ2v) is 10.7. The summed E-state index contributed by atoms with van der Waals surface area (Å²) in [6.45, 7) is 8.07. The van der Waals surface area contributed by atoms with E-state index >= 15 is 0 Å². The zero-order valence-electron chi connectivity index (χ0n) is 21.5. The van der Waals surface area contributed by atoms with E-state index in [1.165, 1.54) is 10.4 Å². The monoisotopic (exact) mass is 504 g/mol. The van der Waals surface area contributed by atoms with Gasteiger partial charge in [0.15, 0.2) is 0 Å². The summed E-state index contributed by atoms with van der Waals surface area (Å²) < 4.78 is 6.20. The number of benzene rings is 2. The van der Waals surface area contributed by atoms with E-state index in [2.05, 4.69) is 37.4 Å². The molecule has 2 amide bonds. The Morgan fingerprint density at radius 2 is 1.83 bits per heavy atom. The molecule has 0 radical (unpaired) electrons. The van der Waals surface area contributed by atoms with Gasteiger partial charge in [0.2, 0.25) is 11.8 Å². The van der Waals surface area contributed by atoms with Crippen LogP contribution < -0.4 is 4.74 Å². The molecule has 4 rings (SSSR count). The summed E-state index contributed by atoms with van der Waals surface area (Å²) in [6.07, 6.45) is 1.95. The van der Waals surface area contributed by atoms with Gasteiger partial charge in [-0.1, -0.05) is 63.2 Å². The zero-order chi connectivity index (χ0) is 25.5. The molecule has 6 heteroatoms. The summed E-state index contributed by atoms with van der Waals surface area (Å²) in [5.41, 5.74) is 3.40. The number of amides is 2. The van der Waals surface area contributed by atoms with Crippen LogP contribution in [0.1, 0.15) is 60.7 Å². The highest BCUT2D eigenvalue weighted by Crippen LogP contribution is 2.34. The minimum atomic E-state index is -0.162. The Bertz CT molecular complexity index is 1140. The Morgan fingerprint density at radius 3 is 2.53 bits per heavy atom. The van der Waals surface area contributed by atoms with Crippen molar-refractivity contribution in [2.45, 2.75) is 52.0 Å². The third-order valence-electron chi connectivity index (χ3n) is 6.74. The highest BCUT2D eigenvalue weighted by molar-refractivity contribution is 7.10. The van der Waals surface area contributed by atoms with Gasteiger partial charge < -0.3 is 14.5 Å². The van der Waals surface area contributed by atoms with Crippen molar-refractivity contribution in [3.8, 4) is 5.75 Å². The maximum atomic E-state index is 13.6. The first kappa shape index (κ1) is 26.0. The standard InChI is InChI=1S/C30H36N2O3S/c1-4-16-31(29(33)19-23-8-6-5-7-9-23)20-30(34)32-17-14-28-26(15-18-36-28)27(32)21-35-25-12-10-24(11-13-25)22(2)3/h5-13,15,18,22,27H,4,14,16-17,19-21H2,1-3H3/t27-/m1/s1. The van der Waals surface area contributed by atoms with Gasteiger partial charge in [-0.15, -0.1) is 11.3 Å². The van der Waals surface area contributed by atoms with Crippen LogP contribution in [0.2, 0.25) is 0 Å². The molecule has 0 unspecified atom stereocenters. The highest BCUT2D eigenvalue weighted by Gasteiger charge is 2.33. The molecular weight excluding hydrogens is 468 g/mol. The molecule has 1 atom stereocenters. The molecule has 1 aliphatic heterocycles. The van der Waals surface area contributed by atoms with Crippen molar-refractivity contribution in [2.75, 3.05) is 26.2 Å². The SMILES string of the molecule is CCCN(CC(=O)N1CCc2sccc2[C@H]1COc1ccc(C(C)C)cc1)C(=O)Cc1ccccc1. The van der Waals surface area contributed by atoms with Crippen molar-refractivity contribution in [1.29, 1.82) is 0 Å². The van der Waals surface area contributed by atoms with Crippen LogP contribution in [0, 0.1) is 0 Å². The molecule has 5 nitrogen and oxygen atoms in total. The fraction of sp³-hybridized carbons (Fsp3) is 0.400. The van der Waals surface area contributed by atoms with E-state index in [-0.39, 0.29) is 24.4 Å². The van der Waals surface area contributed by atoms with Crippen LogP contribution >= 0.6 is 11.3 Å². The van der Waals surface area contributed by atoms with E-state index in [9.17, 15) is 9.59 Å². The molecule has 2 aromatic carbocycles. The first-order valence-corrected chi connectivity index (χ1v) is 13.7. The molecule has 0 aliphatic carbocycles. The predicted octanol–water partition coefficient (Wildman–Crippen LogP) is 5.86. The molecular formula is C30H36N2O3S. The summed E-state index contributed by atoms with van der Waals surface area (Å²) >= 11 is 1.74. The van der Waals surface area contributed by atoms with Crippen molar-refractivity contribution in [3.05, 3.63) is 87.6 Å². The molecule has 0 fully saturated rings. The van der Waals surface area contributed by atoms with E-state index in [1.54, 1.807) is 16.2 Å². The number of hydrogen-bond donors (Lipinski definition) is 0. The van der Waals surface area contributed by atoms with Crippen LogP contribution in [-0.2, 0) is 22.4 Å². The van der Waals surface area contributed by atoms with Gasteiger partial charge in [0, 0.05) is 18.0 Å².